The van der Waals surface area contributed by atoms with Gasteiger partial charge in [-0.05, 0) is 35.9 Å². The number of ketones is 1. The summed E-state index contributed by atoms with van der Waals surface area (Å²) in [6.07, 6.45) is 4.07. The van der Waals surface area contributed by atoms with Crippen LogP contribution in [0.25, 0.3) is 6.08 Å². The highest BCUT2D eigenvalue weighted by Crippen LogP contribution is 2.39. The highest BCUT2D eigenvalue weighted by molar-refractivity contribution is 6.01. The van der Waals surface area contributed by atoms with Gasteiger partial charge in [0.15, 0.2) is 5.78 Å². The maximum absolute atomic E-state index is 12.8. The minimum Gasteiger partial charge on any atom is -0.486 e. The van der Waals surface area contributed by atoms with Crippen LogP contribution in [0.3, 0.4) is 0 Å². The van der Waals surface area contributed by atoms with Crippen molar-refractivity contribution >= 4 is 29.5 Å². The summed E-state index contributed by atoms with van der Waals surface area (Å²) in [5.74, 6) is -0.158. The molecule has 8 nitrogen and oxygen atoms in total. The lowest BCUT2D eigenvalue weighted by molar-refractivity contribution is -0.124. The Balaban J connectivity index is 1.41. The minimum atomic E-state index is -0.651. The number of hydrogen-bond donors (Lipinski definition) is 3. The van der Waals surface area contributed by atoms with Crippen LogP contribution >= 0.6 is 0 Å². The molecule has 4 rings (SSSR count). The number of anilines is 1. The number of carbonyl (C=O) groups excluding carboxylic acids is 3. The fourth-order valence-corrected chi connectivity index (χ4v) is 3.94. The van der Waals surface area contributed by atoms with Gasteiger partial charge in [-0.1, -0.05) is 24.3 Å². The number of nitrogens with zero attached hydrogens (tertiary/aromatic N) is 1. The summed E-state index contributed by atoms with van der Waals surface area (Å²) in [4.78, 5) is 38.3. The zero-order valence-electron chi connectivity index (χ0n) is 16.8. The Labute approximate surface area is 179 Å². The predicted molar refractivity (Wildman–Crippen MR) is 114 cm³/mol. The molecule has 0 saturated carbocycles. The summed E-state index contributed by atoms with van der Waals surface area (Å²) in [5.41, 5.74) is 2.78. The minimum absolute atomic E-state index is 0.0229. The number of urea groups is 1. The van der Waals surface area contributed by atoms with Crippen molar-refractivity contribution in [3.63, 3.8) is 0 Å². The van der Waals surface area contributed by atoms with Gasteiger partial charge in [0.05, 0.1) is 12.0 Å². The topological polar surface area (TPSA) is 108 Å². The normalized spacial score (nSPS) is 17.2. The Morgan fingerprint density at radius 1 is 1.10 bits per heavy atom. The van der Waals surface area contributed by atoms with Gasteiger partial charge < -0.3 is 15.0 Å². The molecule has 1 saturated heterocycles. The van der Waals surface area contributed by atoms with Crippen molar-refractivity contribution < 1.29 is 24.3 Å². The van der Waals surface area contributed by atoms with Crippen LogP contribution in [0.2, 0.25) is 0 Å². The van der Waals surface area contributed by atoms with E-state index in [1.54, 1.807) is 23.1 Å². The molecule has 2 aliphatic heterocycles. The summed E-state index contributed by atoms with van der Waals surface area (Å²) >= 11 is 0. The first-order valence-electron chi connectivity index (χ1n) is 10.1. The Morgan fingerprint density at radius 3 is 2.55 bits per heavy atom. The number of para-hydroxylation sites is 1. The molecule has 0 aromatic heterocycles. The zero-order chi connectivity index (χ0) is 21.8. The van der Waals surface area contributed by atoms with Gasteiger partial charge in [0.2, 0.25) is 0 Å². The van der Waals surface area contributed by atoms with E-state index in [9.17, 15) is 14.4 Å². The van der Waals surface area contributed by atoms with Crippen LogP contribution < -0.4 is 15.5 Å². The highest BCUT2D eigenvalue weighted by Gasteiger charge is 2.43. The molecule has 2 heterocycles. The molecule has 0 atom stereocenters. The number of likely N-dealkylation sites (tertiary alicyclic amines) is 1. The van der Waals surface area contributed by atoms with Crippen LogP contribution in [0.15, 0.2) is 54.6 Å². The van der Waals surface area contributed by atoms with Crippen LogP contribution in [0.1, 0.15) is 35.2 Å². The number of Topliss-reactive ketones (excluding diaryl/α,β-unsaturated/α-hetero) is 1. The molecule has 1 spiro atoms. The van der Waals surface area contributed by atoms with E-state index in [0.29, 0.717) is 42.8 Å². The third-order valence-corrected chi connectivity index (χ3v) is 5.64. The summed E-state index contributed by atoms with van der Waals surface area (Å²) in [6.45, 7) is 0.997. The molecule has 3 N–H and O–H groups in total. The maximum Gasteiger partial charge on any atom is 0.321 e. The van der Waals surface area contributed by atoms with Gasteiger partial charge in [-0.15, -0.1) is 0 Å². The number of rotatable bonds is 3. The SMILES string of the molecule is O=C(C=Cc1ccc2c(c1)C(=O)CC1(CCN(C(=O)Nc3ccccc3)CC1)O2)NO. The fourth-order valence-electron chi connectivity index (χ4n) is 3.94. The van der Waals surface area contributed by atoms with E-state index in [1.807, 2.05) is 30.3 Å². The first kappa shape index (κ1) is 20.6. The van der Waals surface area contributed by atoms with Gasteiger partial charge in [0, 0.05) is 37.7 Å². The van der Waals surface area contributed by atoms with Crippen molar-refractivity contribution in [2.75, 3.05) is 18.4 Å². The van der Waals surface area contributed by atoms with Crippen molar-refractivity contribution in [2.45, 2.75) is 24.9 Å². The summed E-state index contributed by atoms with van der Waals surface area (Å²) in [5, 5.41) is 11.4. The second kappa shape index (κ2) is 8.61. The molecule has 0 radical (unpaired) electrons. The molecule has 160 valence electrons. The molecule has 0 aliphatic carbocycles. The van der Waals surface area contributed by atoms with Crippen LogP contribution in [0, 0.1) is 0 Å². The monoisotopic (exact) mass is 421 g/mol. The molecule has 2 aliphatic rings. The van der Waals surface area contributed by atoms with E-state index in [1.165, 1.54) is 17.6 Å². The van der Waals surface area contributed by atoms with Crippen molar-refractivity contribution in [1.82, 2.24) is 10.4 Å². The second-order valence-electron chi connectivity index (χ2n) is 7.73. The molecule has 8 heteroatoms. The van der Waals surface area contributed by atoms with E-state index in [2.05, 4.69) is 5.32 Å². The molecule has 2 aromatic rings. The third kappa shape index (κ3) is 4.59. The Hall–Kier alpha value is -3.65. The van der Waals surface area contributed by atoms with Crippen molar-refractivity contribution in [1.29, 1.82) is 0 Å². The standard InChI is InChI=1S/C23H23N3O5/c27-19-15-23(31-20-8-6-16(14-18(19)20)7-9-21(28)25-30)10-12-26(13-11-23)22(29)24-17-4-2-1-3-5-17/h1-9,14,30H,10-13,15H2,(H,24,29)(H,25,28). The third-order valence-electron chi connectivity index (χ3n) is 5.64. The molecular formula is C23H23N3O5. The Morgan fingerprint density at radius 2 is 1.84 bits per heavy atom. The van der Waals surface area contributed by atoms with E-state index < -0.39 is 11.5 Å². The number of amides is 3. The van der Waals surface area contributed by atoms with E-state index in [4.69, 9.17) is 9.94 Å². The summed E-state index contributed by atoms with van der Waals surface area (Å²) in [6, 6.07) is 14.3. The number of nitrogens with one attached hydrogen (secondary N) is 2. The molecule has 0 unspecified atom stereocenters. The average Bonchev–Trinajstić information content (AvgIpc) is 2.78. The van der Waals surface area contributed by atoms with Crippen molar-refractivity contribution in [3.8, 4) is 5.75 Å². The van der Waals surface area contributed by atoms with Crippen LogP contribution in [0.4, 0.5) is 10.5 Å². The van der Waals surface area contributed by atoms with E-state index in [-0.39, 0.29) is 18.2 Å². The molecule has 2 aromatic carbocycles. The first-order valence-corrected chi connectivity index (χ1v) is 10.1. The van der Waals surface area contributed by atoms with Gasteiger partial charge >= 0.3 is 6.03 Å². The van der Waals surface area contributed by atoms with E-state index in [0.717, 1.165) is 5.69 Å². The van der Waals surface area contributed by atoms with E-state index >= 15 is 0 Å². The zero-order valence-corrected chi connectivity index (χ0v) is 16.8. The first-order chi connectivity index (χ1) is 15.0. The lowest BCUT2D eigenvalue weighted by Crippen LogP contribution is -2.53. The quantitative estimate of drug-likeness (QED) is 0.401. The molecular weight excluding hydrogens is 398 g/mol. The van der Waals surface area contributed by atoms with Crippen molar-refractivity contribution in [3.05, 3.63) is 65.7 Å². The number of hydrogen-bond acceptors (Lipinski definition) is 5. The lowest BCUT2D eigenvalue weighted by atomic mass is 9.82. The maximum atomic E-state index is 12.8. The Bertz CT molecular complexity index is 1030. The van der Waals surface area contributed by atoms with Crippen LogP contribution in [-0.2, 0) is 4.79 Å². The molecule has 3 amide bonds. The fraction of sp³-hybridized carbons (Fsp3) is 0.261. The van der Waals surface area contributed by atoms with Gasteiger partial charge in [-0.2, -0.15) is 0 Å². The number of fused-ring (bicyclic) bond motifs is 1. The number of hydroxylamine groups is 1. The largest absolute Gasteiger partial charge is 0.486 e. The summed E-state index contributed by atoms with van der Waals surface area (Å²) in [7, 11) is 0. The highest BCUT2D eigenvalue weighted by atomic mass is 16.5. The van der Waals surface area contributed by atoms with Gasteiger partial charge in [0.1, 0.15) is 11.4 Å². The van der Waals surface area contributed by atoms with Crippen LogP contribution in [0.5, 0.6) is 5.75 Å². The smallest absolute Gasteiger partial charge is 0.321 e. The van der Waals surface area contributed by atoms with Crippen molar-refractivity contribution in [2.24, 2.45) is 0 Å². The molecule has 31 heavy (non-hydrogen) atoms. The van der Waals surface area contributed by atoms with Crippen LogP contribution in [-0.4, -0.2) is 46.5 Å². The van der Waals surface area contributed by atoms with Gasteiger partial charge in [-0.25, -0.2) is 10.3 Å². The molecule has 1 fully saturated rings. The summed E-state index contributed by atoms with van der Waals surface area (Å²) < 4.78 is 6.26. The Kier molecular flexibility index (Phi) is 5.73. The lowest BCUT2D eigenvalue weighted by Gasteiger charge is -2.43. The predicted octanol–water partition coefficient (Wildman–Crippen LogP) is 3.24. The number of ether oxygens (including phenoxy) is 1. The average molecular weight is 421 g/mol. The van der Waals surface area contributed by atoms with Gasteiger partial charge in [-0.3, -0.25) is 14.8 Å². The number of carbonyl (C=O) groups is 3. The number of benzene rings is 2. The number of piperidine rings is 1. The van der Waals surface area contributed by atoms with Gasteiger partial charge in [0.25, 0.3) is 5.91 Å². The second-order valence-corrected chi connectivity index (χ2v) is 7.73. The molecule has 0 bridgehead atoms.